The van der Waals surface area contributed by atoms with E-state index in [0.717, 1.165) is 5.56 Å². The van der Waals surface area contributed by atoms with Gasteiger partial charge in [0.2, 0.25) is 5.95 Å². The lowest BCUT2D eigenvalue weighted by Gasteiger charge is -2.06. The van der Waals surface area contributed by atoms with Gasteiger partial charge in [-0.2, -0.15) is 9.97 Å². The molecular formula is C12H9ClN6. The van der Waals surface area contributed by atoms with Gasteiger partial charge in [-0.3, -0.25) is 0 Å². The number of anilines is 2. The van der Waals surface area contributed by atoms with Gasteiger partial charge < -0.3 is 11.5 Å². The number of fused-ring (bicyclic) bond motifs is 1. The molecule has 0 fully saturated rings. The highest BCUT2D eigenvalue weighted by Gasteiger charge is 2.13. The molecule has 7 heteroatoms. The Morgan fingerprint density at radius 1 is 0.895 bits per heavy atom. The molecule has 6 nitrogen and oxygen atoms in total. The Morgan fingerprint density at radius 2 is 1.63 bits per heavy atom. The maximum absolute atomic E-state index is 6.13. The Balaban J connectivity index is 2.31. The summed E-state index contributed by atoms with van der Waals surface area (Å²) in [5, 5.41) is 0.246. The molecule has 0 amide bonds. The van der Waals surface area contributed by atoms with Crippen molar-refractivity contribution in [1.29, 1.82) is 0 Å². The largest absolute Gasteiger partial charge is 0.382 e. The molecule has 0 bridgehead atoms. The first kappa shape index (κ1) is 11.6. The van der Waals surface area contributed by atoms with E-state index in [0.29, 0.717) is 11.2 Å². The third-order valence-corrected chi connectivity index (χ3v) is 2.84. The highest BCUT2D eigenvalue weighted by molar-refractivity contribution is 6.32. The lowest BCUT2D eigenvalue weighted by Crippen LogP contribution is -2.04. The number of halogens is 1. The number of nitrogen functional groups attached to an aromatic ring is 2. The molecule has 0 radical (unpaired) electrons. The predicted molar refractivity (Wildman–Crippen MR) is 74.4 cm³/mol. The van der Waals surface area contributed by atoms with Crippen LogP contribution in [0.4, 0.5) is 11.8 Å². The maximum atomic E-state index is 6.13. The molecule has 0 aliphatic heterocycles. The average Bonchev–Trinajstić information content (AvgIpc) is 2.38. The van der Waals surface area contributed by atoms with Crippen molar-refractivity contribution in [2.45, 2.75) is 0 Å². The molecule has 0 unspecified atom stereocenters. The molecule has 0 saturated carbocycles. The van der Waals surface area contributed by atoms with Crippen LogP contribution in [0.25, 0.3) is 22.4 Å². The zero-order chi connectivity index (χ0) is 13.4. The van der Waals surface area contributed by atoms with Crippen molar-refractivity contribution in [1.82, 2.24) is 19.9 Å². The summed E-state index contributed by atoms with van der Waals surface area (Å²) < 4.78 is 0. The van der Waals surface area contributed by atoms with Crippen LogP contribution in [0.2, 0.25) is 5.15 Å². The number of rotatable bonds is 1. The summed E-state index contributed by atoms with van der Waals surface area (Å²) >= 11 is 6.13. The Kier molecular flexibility index (Phi) is 2.64. The normalized spacial score (nSPS) is 10.8. The first-order valence-electron chi connectivity index (χ1n) is 5.47. The molecule has 3 aromatic rings. The van der Waals surface area contributed by atoms with E-state index in [1.807, 2.05) is 30.3 Å². The number of hydrogen-bond donors (Lipinski definition) is 2. The minimum Gasteiger partial charge on any atom is -0.382 e. The van der Waals surface area contributed by atoms with Gasteiger partial charge in [0.1, 0.15) is 5.69 Å². The minimum atomic E-state index is 0.0443. The summed E-state index contributed by atoms with van der Waals surface area (Å²) in [7, 11) is 0. The Labute approximate surface area is 113 Å². The van der Waals surface area contributed by atoms with Crippen molar-refractivity contribution >= 4 is 34.5 Å². The smallest absolute Gasteiger partial charge is 0.224 e. The van der Waals surface area contributed by atoms with E-state index < -0.39 is 0 Å². The van der Waals surface area contributed by atoms with E-state index in [1.165, 1.54) is 0 Å². The summed E-state index contributed by atoms with van der Waals surface area (Å²) in [5.41, 5.74) is 13.3. The average molecular weight is 273 g/mol. The molecule has 0 aliphatic carbocycles. The fourth-order valence-corrected chi connectivity index (χ4v) is 1.98. The van der Waals surface area contributed by atoms with Crippen LogP contribution in [0.1, 0.15) is 0 Å². The fourth-order valence-electron chi connectivity index (χ4n) is 1.75. The molecule has 4 N–H and O–H groups in total. The second-order valence-corrected chi connectivity index (χ2v) is 4.23. The molecule has 0 atom stereocenters. The van der Waals surface area contributed by atoms with Gasteiger partial charge in [0.15, 0.2) is 22.1 Å². The zero-order valence-corrected chi connectivity index (χ0v) is 10.5. The van der Waals surface area contributed by atoms with Crippen LogP contribution in [0.3, 0.4) is 0 Å². The number of aromatic nitrogens is 4. The molecule has 0 aliphatic rings. The van der Waals surface area contributed by atoms with Gasteiger partial charge in [-0.1, -0.05) is 41.9 Å². The summed E-state index contributed by atoms with van der Waals surface area (Å²) in [4.78, 5) is 16.4. The number of hydrogen-bond acceptors (Lipinski definition) is 6. The van der Waals surface area contributed by atoms with Gasteiger partial charge in [0.25, 0.3) is 0 Å². The highest BCUT2D eigenvalue weighted by Crippen LogP contribution is 2.27. The molecule has 94 valence electrons. The van der Waals surface area contributed by atoms with Gasteiger partial charge in [-0.25, -0.2) is 9.97 Å². The lowest BCUT2D eigenvalue weighted by atomic mass is 10.1. The first-order chi connectivity index (χ1) is 9.15. The topological polar surface area (TPSA) is 104 Å². The summed E-state index contributed by atoms with van der Waals surface area (Å²) in [6.45, 7) is 0. The first-order valence-corrected chi connectivity index (χ1v) is 5.84. The van der Waals surface area contributed by atoms with Crippen LogP contribution in [0, 0.1) is 0 Å². The molecule has 0 saturated heterocycles. The number of benzene rings is 1. The monoisotopic (exact) mass is 272 g/mol. The van der Waals surface area contributed by atoms with Gasteiger partial charge in [0, 0.05) is 5.56 Å². The Bertz CT molecular complexity index is 759. The molecular weight excluding hydrogens is 264 g/mol. The second kappa shape index (κ2) is 4.33. The van der Waals surface area contributed by atoms with Crippen LogP contribution < -0.4 is 11.5 Å². The minimum absolute atomic E-state index is 0.0443. The maximum Gasteiger partial charge on any atom is 0.224 e. The Morgan fingerprint density at radius 3 is 2.37 bits per heavy atom. The van der Waals surface area contributed by atoms with E-state index in [2.05, 4.69) is 19.9 Å². The number of nitrogens with zero attached hydrogens (tertiary/aromatic N) is 4. The molecule has 2 heterocycles. The van der Waals surface area contributed by atoms with Crippen molar-refractivity contribution in [3.05, 3.63) is 35.5 Å². The quantitative estimate of drug-likeness (QED) is 0.701. The van der Waals surface area contributed by atoms with E-state index in [9.17, 15) is 0 Å². The van der Waals surface area contributed by atoms with E-state index in [1.54, 1.807) is 0 Å². The SMILES string of the molecule is Nc1nc(N)c2nc(-c3ccccc3)c(Cl)nc2n1. The van der Waals surface area contributed by atoms with E-state index in [4.69, 9.17) is 23.1 Å². The van der Waals surface area contributed by atoms with Gasteiger partial charge in [-0.05, 0) is 0 Å². The van der Waals surface area contributed by atoms with Gasteiger partial charge in [0.05, 0.1) is 0 Å². The van der Waals surface area contributed by atoms with Gasteiger partial charge >= 0.3 is 0 Å². The van der Waals surface area contributed by atoms with Crippen molar-refractivity contribution in [2.75, 3.05) is 11.5 Å². The lowest BCUT2D eigenvalue weighted by molar-refractivity contribution is 1.17. The third kappa shape index (κ3) is 2.02. The standard InChI is InChI=1S/C12H9ClN6/c13-9-7(6-4-2-1-3-5-6)16-8-10(14)18-12(15)19-11(8)17-9/h1-5H,(H4,14,15,17,18,19). The second-order valence-electron chi connectivity index (χ2n) is 3.87. The molecule has 2 aromatic heterocycles. The number of nitrogens with two attached hydrogens (primary N) is 2. The van der Waals surface area contributed by atoms with Gasteiger partial charge in [-0.15, -0.1) is 0 Å². The zero-order valence-electron chi connectivity index (χ0n) is 9.71. The fraction of sp³-hybridized carbons (Fsp3) is 0. The van der Waals surface area contributed by atoms with E-state index in [-0.39, 0.29) is 22.6 Å². The van der Waals surface area contributed by atoms with Crippen LogP contribution in [-0.2, 0) is 0 Å². The van der Waals surface area contributed by atoms with Crippen LogP contribution in [0.15, 0.2) is 30.3 Å². The van der Waals surface area contributed by atoms with Crippen LogP contribution in [-0.4, -0.2) is 19.9 Å². The molecule has 1 aromatic carbocycles. The predicted octanol–water partition coefficient (Wildman–Crippen LogP) is 1.90. The molecule has 3 rings (SSSR count). The van der Waals surface area contributed by atoms with Crippen molar-refractivity contribution in [3.63, 3.8) is 0 Å². The Hall–Kier alpha value is -2.47. The van der Waals surface area contributed by atoms with Crippen molar-refractivity contribution in [3.8, 4) is 11.3 Å². The third-order valence-electron chi connectivity index (χ3n) is 2.58. The van der Waals surface area contributed by atoms with Crippen molar-refractivity contribution < 1.29 is 0 Å². The van der Waals surface area contributed by atoms with Crippen LogP contribution in [0.5, 0.6) is 0 Å². The summed E-state index contributed by atoms with van der Waals surface area (Å²) in [5.74, 6) is 0.228. The summed E-state index contributed by atoms with van der Waals surface area (Å²) in [6, 6.07) is 9.46. The molecule has 19 heavy (non-hydrogen) atoms. The summed E-state index contributed by atoms with van der Waals surface area (Å²) in [6.07, 6.45) is 0. The van der Waals surface area contributed by atoms with Crippen molar-refractivity contribution in [2.24, 2.45) is 0 Å². The van der Waals surface area contributed by atoms with E-state index >= 15 is 0 Å². The highest BCUT2D eigenvalue weighted by atomic mass is 35.5. The van der Waals surface area contributed by atoms with Crippen LogP contribution >= 0.6 is 11.6 Å². The molecule has 0 spiro atoms.